The average Bonchev–Trinajstić information content (AvgIpc) is 2.31. The van der Waals surface area contributed by atoms with Gasteiger partial charge in [0.1, 0.15) is 5.76 Å². The number of allylic oxidation sites excluding steroid dienone is 1. The molecule has 0 saturated heterocycles. The Kier molecular flexibility index (Phi) is 3.15. The number of carbonyl (C=O) groups is 1. The van der Waals surface area contributed by atoms with E-state index < -0.39 is 12.1 Å². The zero-order valence-corrected chi connectivity index (χ0v) is 9.67. The summed E-state index contributed by atoms with van der Waals surface area (Å²) in [5, 5.41) is 0. The van der Waals surface area contributed by atoms with Gasteiger partial charge in [-0.15, -0.1) is 0 Å². The van der Waals surface area contributed by atoms with E-state index in [1.165, 1.54) is 0 Å². The summed E-state index contributed by atoms with van der Waals surface area (Å²) in [7, 11) is 0. The Labute approximate surface area is 102 Å². The molecule has 0 saturated carbocycles. The Morgan fingerprint density at radius 1 is 1.22 bits per heavy atom. The molecule has 1 aliphatic rings. The molecule has 0 bridgehead atoms. The van der Waals surface area contributed by atoms with Crippen molar-refractivity contribution in [2.45, 2.75) is 25.9 Å². The van der Waals surface area contributed by atoms with E-state index in [2.05, 4.69) is 4.74 Å². The third-order valence-corrected chi connectivity index (χ3v) is 2.85. The summed E-state index contributed by atoms with van der Waals surface area (Å²) in [6.07, 6.45) is -3.63. The predicted octanol–water partition coefficient (Wildman–Crippen LogP) is 3.47. The number of esters is 1. The maximum Gasteiger partial charge on any atom is 0.491 e. The van der Waals surface area contributed by atoms with Crippen molar-refractivity contribution in [3.63, 3.8) is 0 Å². The van der Waals surface area contributed by atoms with Gasteiger partial charge >= 0.3 is 12.1 Å². The standard InChI is InChI=1S/C13H11F3O2/c1-8-6-7-9-4-2-3-5-10(9)11(8)18-12(17)13(14,15)16/h2-5H,6-7H2,1H3. The lowest BCUT2D eigenvalue weighted by atomic mass is 9.91. The SMILES string of the molecule is CC1=C(OC(=O)C(F)(F)F)c2ccccc2CC1. The fourth-order valence-corrected chi connectivity index (χ4v) is 1.92. The van der Waals surface area contributed by atoms with Crippen LogP contribution in [0.2, 0.25) is 0 Å². The van der Waals surface area contributed by atoms with Gasteiger partial charge in [-0.25, -0.2) is 4.79 Å². The van der Waals surface area contributed by atoms with Crippen LogP contribution < -0.4 is 0 Å². The number of hydrogen-bond acceptors (Lipinski definition) is 2. The first kappa shape index (κ1) is 12.7. The van der Waals surface area contributed by atoms with Gasteiger partial charge in [-0.3, -0.25) is 0 Å². The van der Waals surface area contributed by atoms with E-state index in [9.17, 15) is 18.0 Å². The highest BCUT2D eigenvalue weighted by atomic mass is 19.4. The molecule has 96 valence electrons. The van der Waals surface area contributed by atoms with Crippen molar-refractivity contribution in [3.8, 4) is 0 Å². The Hall–Kier alpha value is -1.78. The third kappa shape index (κ3) is 2.39. The molecule has 0 aliphatic heterocycles. The van der Waals surface area contributed by atoms with Crippen LogP contribution in [0.25, 0.3) is 5.76 Å². The number of fused-ring (bicyclic) bond motifs is 1. The molecule has 0 unspecified atom stereocenters. The molecule has 1 aromatic carbocycles. The van der Waals surface area contributed by atoms with Crippen molar-refractivity contribution < 1.29 is 22.7 Å². The van der Waals surface area contributed by atoms with Crippen molar-refractivity contribution >= 4 is 11.7 Å². The van der Waals surface area contributed by atoms with Crippen molar-refractivity contribution in [3.05, 3.63) is 41.0 Å². The molecule has 0 heterocycles. The van der Waals surface area contributed by atoms with Gasteiger partial charge in [0.15, 0.2) is 0 Å². The molecule has 0 fully saturated rings. The van der Waals surface area contributed by atoms with Crippen molar-refractivity contribution in [1.82, 2.24) is 0 Å². The number of alkyl halides is 3. The van der Waals surface area contributed by atoms with E-state index in [0.29, 0.717) is 17.6 Å². The summed E-state index contributed by atoms with van der Waals surface area (Å²) in [4.78, 5) is 10.9. The van der Waals surface area contributed by atoms with E-state index in [-0.39, 0.29) is 5.76 Å². The van der Waals surface area contributed by atoms with E-state index in [0.717, 1.165) is 12.0 Å². The lowest BCUT2D eigenvalue weighted by molar-refractivity contribution is -0.192. The summed E-state index contributed by atoms with van der Waals surface area (Å²) in [6.45, 7) is 1.68. The molecular weight excluding hydrogens is 245 g/mol. The van der Waals surface area contributed by atoms with E-state index in [1.807, 2.05) is 12.1 Å². The quantitative estimate of drug-likeness (QED) is 0.719. The first-order chi connectivity index (χ1) is 8.39. The van der Waals surface area contributed by atoms with Crippen LogP contribution in [-0.4, -0.2) is 12.1 Å². The Morgan fingerprint density at radius 3 is 2.56 bits per heavy atom. The minimum atomic E-state index is -4.97. The van der Waals surface area contributed by atoms with Crippen LogP contribution in [0.4, 0.5) is 13.2 Å². The number of benzene rings is 1. The topological polar surface area (TPSA) is 26.3 Å². The molecule has 2 rings (SSSR count). The van der Waals surface area contributed by atoms with Crippen molar-refractivity contribution in [1.29, 1.82) is 0 Å². The number of carbonyl (C=O) groups excluding carboxylic acids is 1. The second-order valence-corrected chi connectivity index (χ2v) is 4.15. The predicted molar refractivity (Wildman–Crippen MR) is 59.5 cm³/mol. The fourth-order valence-electron chi connectivity index (χ4n) is 1.92. The molecule has 0 radical (unpaired) electrons. The second-order valence-electron chi connectivity index (χ2n) is 4.15. The number of aryl methyl sites for hydroxylation is 1. The average molecular weight is 256 g/mol. The number of ether oxygens (including phenoxy) is 1. The van der Waals surface area contributed by atoms with Gasteiger partial charge in [0, 0.05) is 5.56 Å². The van der Waals surface area contributed by atoms with E-state index in [4.69, 9.17) is 0 Å². The highest BCUT2D eigenvalue weighted by Gasteiger charge is 2.42. The molecule has 2 nitrogen and oxygen atoms in total. The van der Waals surface area contributed by atoms with Crippen molar-refractivity contribution in [2.24, 2.45) is 0 Å². The minimum absolute atomic E-state index is 0.0409. The van der Waals surface area contributed by atoms with Crippen LogP contribution in [-0.2, 0) is 16.0 Å². The Balaban J connectivity index is 2.34. The highest BCUT2D eigenvalue weighted by molar-refractivity contribution is 5.84. The van der Waals surface area contributed by atoms with E-state index in [1.54, 1.807) is 19.1 Å². The smallest absolute Gasteiger partial charge is 0.419 e. The van der Waals surface area contributed by atoms with Gasteiger partial charge in [0.2, 0.25) is 0 Å². The molecular formula is C13H11F3O2. The first-order valence-corrected chi connectivity index (χ1v) is 5.46. The monoisotopic (exact) mass is 256 g/mol. The summed E-state index contributed by atoms with van der Waals surface area (Å²) in [5.74, 6) is -2.13. The van der Waals surface area contributed by atoms with E-state index >= 15 is 0 Å². The van der Waals surface area contributed by atoms with Gasteiger partial charge in [0.25, 0.3) is 0 Å². The minimum Gasteiger partial charge on any atom is -0.419 e. The van der Waals surface area contributed by atoms with Gasteiger partial charge in [-0.1, -0.05) is 24.3 Å². The molecule has 1 aromatic rings. The number of hydrogen-bond donors (Lipinski definition) is 0. The summed E-state index contributed by atoms with van der Waals surface area (Å²) in [6, 6.07) is 7.00. The normalized spacial score (nSPS) is 15.3. The van der Waals surface area contributed by atoms with Crippen LogP contribution in [0, 0.1) is 0 Å². The Morgan fingerprint density at radius 2 is 1.89 bits per heavy atom. The zero-order valence-electron chi connectivity index (χ0n) is 9.67. The maximum absolute atomic E-state index is 12.2. The van der Waals surface area contributed by atoms with Gasteiger partial charge in [-0.05, 0) is 30.9 Å². The van der Waals surface area contributed by atoms with Gasteiger partial charge < -0.3 is 4.74 Å². The highest BCUT2D eigenvalue weighted by Crippen LogP contribution is 2.33. The maximum atomic E-state index is 12.2. The lowest BCUT2D eigenvalue weighted by Crippen LogP contribution is -2.25. The molecule has 5 heteroatoms. The molecule has 1 aliphatic carbocycles. The van der Waals surface area contributed by atoms with Crippen LogP contribution in [0.5, 0.6) is 0 Å². The second kappa shape index (κ2) is 4.48. The molecule has 0 amide bonds. The van der Waals surface area contributed by atoms with Crippen LogP contribution in [0.1, 0.15) is 24.5 Å². The van der Waals surface area contributed by atoms with Gasteiger partial charge in [-0.2, -0.15) is 13.2 Å². The fraction of sp³-hybridized carbons (Fsp3) is 0.308. The molecule has 18 heavy (non-hydrogen) atoms. The summed E-state index contributed by atoms with van der Waals surface area (Å²) < 4.78 is 41.1. The largest absolute Gasteiger partial charge is 0.491 e. The molecule has 0 atom stereocenters. The van der Waals surface area contributed by atoms with Crippen LogP contribution in [0.15, 0.2) is 29.8 Å². The third-order valence-electron chi connectivity index (χ3n) is 2.85. The van der Waals surface area contributed by atoms with Crippen molar-refractivity contribution in [2.75, 3.05) is 0 Å². The first-order valence-electron chi connectivity index (χ1n) is 5.46. The number of rotatable bonds is 1. The summed E-state index contributed by atoms with van der Waals surface area (Å²) in [5.41, 5.74) is 2.12. The number of halogens is 3. The van der Waals surface area contributed by atoms with Crippen LogP contribution in [0.3, 0.4) is 0 Å². The molecule has 0 N–H and O–H groups in total. The molecule has 0 aromatic heterocycles. The zero-order chi connectivity index (χ0) is 13.3. The molecule has 0 spiro atoms. The summed E-state index contributed by atoms with van der Waals surface area (Å²) >= 11 is 0. The lowest BCUT2D eigenvalue weighted by Gasteiger charge is -2.21. The van der Waals surface area contributed by atoms with Gasteiger partial charge in [0.05, 0.1) is 0 Å². The Bertz CT molecular complexity index is 515. The van der Waals surface area contributed by atoms with Crippen LogP contribution >= 0.6 is 0 Å².